The highest BCUT2D eigenvalue weighted by atomic mass is 127. The zero-order valence-corrected chi connectivity index (χ0v) is 13.4. The fraction of sp³-hybridized carbons (Fsp3) is 0.692. The van der Waals surface area contributed by atoms with E-state index < -0.39 is 0 Å². The maximum atomic E-state index is 11.9. The first kappa shape index (κ1) is 15.6. The van der Waals surface area contributed by atoms with Crippen molar-refractivity contribution in [2.45, 2.75) is 52.6 Å². The Kier molecular flexibility index (Phi) is 6.85. The minimum Gasteiger partial charge on any atom is -0.371 e. The van der Waals surface area contributed by atoms with Crippen LogP contribution in [-0.2, 0) is 11.2 Å². The lowest BCUT2D eigenvalue weighted by atomic mass is 10.2. The van der Waals surface area contributed by atoms with Gasteiger partial charge in [0.2, 0.25) is 0 Å². The van der Waals surface area contributed by atoms with Crippen molar-refractivity contribution in [1.82, 2.24) is 9.97 Å². The van der Waals surface area contributed by atoms with Gasteiger partial charge in [-0.1, -0.05) is 26.7 Å². The lowest BCUT2D eigenvalue weighted by Crippen LogP contribution is -2.21. The predicted molar refractivity (Wildman–Crippen MR) is 80.8 cm³/mol. The van der Waals surface area contributed by atoms with E-state index in [1.54, 1.807) is 0 Å². The van der Waals surface area contributed by atoms with Gasteiger partial charge in [-0.15, -0.1) is 0 Å². The van der Waals surface area contributed by atoms with Crippen LogP contribution in [0.2, 0.25) is 0 Å². The number of aromatic amines is 1. The number of hydrogen-bond donors (Lipinski definition) is 1. The van der Waals surface area contributed by atoms with Gasteiger partial charge in [0.1, 0.15) is 11.9 Å². The van der Waals surface area contributed by atoms with E-state index in [0.29, 0.717) is 16.0 Å². The highest BCUT2D eigenvalue weighted by Gasteiger charge is 2.16. The molecule has 0 aromatic carbocycles. The van der Waals surface area contributed by atoms with Crippen LogP contribution in [0.5, 0.6) is 0 Å². The summed E-state index contributed by atoms with van der Waals surface area (Å²) < 4.78 is 6.36. The van der Waals surface area contributed by atoms with Crippen molar-refractivity contribution >= 4 is 22.6 Å². The van der Waals surface area contributed by atoms with Crippen LogP contribution in [0.25, 0.3) is 0 Å². The summed E-state index contributed by atoms with van der Waals surface area (Å²) in [4.78, 5) is 19.3. The molecule has 0 aliphatic carbocycles. The van der Waals surface area contributed by atoms with Gasteiger partial charge in [-0.2, -0.15) is 0 Å². The van der Waals surface area contributed by atoms with Crippen molar-refractivity contribution in [3.63, 3.8) is 0 Å². The first-order valence-corrected chi connectivity index (χ1v) is 7.62. The fourth-order valence-electron chi connectivity index (χ4n) is 1.84. The van der Waals surface area contributed by atoms with E-state index in [-0.39, 0.29) is 11.7 Å². The highest BCUT2D eigenvalue weighted by Crippen LogP contribution is 2.20. The molecule has 0 saturated heterocycles. The average molecular weight is 364 g/mol. The Hall–Kier alpha value is -0.430. The topological polar surface area (TPSA) is 55.0 Å². The van der Waals surface area contributed by atoms with Crippen molar-refractivity contribution in [2.75, 3.05) is 6.61 Å². The molecule has 0 fully saturated rings. The number of rotatable bonds is 7. The van der Waals surface area contributed by atoms with Gasteiger partial charge in [0.15, 0.2) is 0 Å². The van der Waals surface area contributed by atoms with Gasteiger partial charge in [-0.05, 0) is 42.4 Å². The number of nitrogens with zero attached hydrogens (tertiary/aromatic N) is 1. The molecule has 1 aromatic rings. The van der Waals surface area contributed by atoms with E-state index in [4.69, 9.17) is 4.74 Å². The number of ether oxygens (including phenoxy) is 1. The van der Waals surface area contributed by atoms with Crippen LogP contribution in [0, 0.1) is 3.57 Å². The van der Waals surface area contributed by atoms with Crippen LogP contribution in [0.1, 0.15) is 57.7 Å². The minimum absolute atomic E-state index is 0.0511. The van der Waals surface area contributed by atoms with E-state index in [1.165, 1.54) is 0 Å². The van der Waals surface area contributed by atoms with Crippen LogP contribution in [0.4, 0.5) is 0 Å². The zero-order valence-electron chi connectivity index (χ0n) is 11.3. The molecule has 4 nitrogen and oxygen atoms in total. The van der Waals surface area contributed by atoms with Gasteiger partial charge in [0.05, 0.1) is 9.26 Å². The number of halogens is 1. The molecular formula is C13H21IN2O2. The van der Waals surface area contributed by atoms with Crippen LogP contribution in [0.3, 0.4) is 0 Å². The van der Waals surface area contributed by atoms with Crippen LogP contribution >= 0.6 is 22.6 Å². The summed E-state index contributed by atoms with van der Waals surface area (Å²) in [6, 6.07) is 0. The Bertz CT molecular complexity index is 425. The second-order valence-electron chi connectivity index (χ2n) is 4.19. The van der Waals surface area contributed by atoms with Gasteiger partial charge in [0, 0.05) is 6.61 Å². The summed E-state index contributed by atoms with van der Waals surface area (Å²) >= 11 is 2.06. The maximum absolute atomic E-state index is 11.9. The first-order chi connectivity index (χ1) is 8.63. The molecule has 18 heavy (non-hydrogen) atoms. The lowest BCUT2D eigenvalue weighted by molar-refractivity contribution is 0.0490. The second-order valence-corrected chi connectivity index (χ2v) is 5.27. The molecule has 1 rings (SSSR count). The smallest absolute Gasteiger partial charge is 0.264 e. The SMILES string of the molecule is CCCc1nc(C(CCC)OCC)[nH]c(=O)c1I. The predicted octanol–water partition coefficient (Wildman–Crippen LogP) is 3.20. The van der Waals surface area contributed by atoms with Crippen molar-refractivity contribution in [3.8, 4) is 0 Å². The number of aryl methyl sites for hydroxylation is 1. The monoisotopic (exact) mass is 364 g/mol. The Morgan fingerprint density at radius 3 is 2.61 bits per heavy atom. The molecule has 1 heterocycles. The summed E-state index contributed by atoms with van der Waals surface area (Å²) in [6.07, 6.45) is 3.60. The molecule has 1 N–H and O–H groups in total. The van der Waals surface area contributed by atoms with Gasteiger partial charge < -0.3 is 9.72 Å². The highest BCUT2D eigenvalue weighted by molar-refractivity contribution is 14.1. The fourth-order valence-corrected chi connectivity index (χ4v) is 2.37. The van der Waals surface area contributed by atoms with E-state index in [2.05, 4.69) is 46.4 Å². The number of aromatic nitrogens is 2. The van der Waals surface area contributed by atoms with E-state index in [1.807, 2.05) is 6.92 Å². The molecule has 102 valence electrons. The van der Waals surface area contributed by atoms with E-state index in [0.717, 1.165) is 31.4 Å². The summed E-state index contributed by atoms with van der Waals surface area (Å²) in [5, 5.41) is 0. The number of H-pyrrole nitrogens is 1. The molecule has 0 saturated carbocycles. The molecule has 0 aliphatic heterocycles. The molecule has 0 amide bonds. The van der Waals surface area contributed by atoms with Crippen molar-refractivity contribution < 1.29 is 4.74 Å². The standard InChI is InChI=1S/C13H21IN2O2/c1-4-7-9-11(14)13(17)16-12(15-9)10(8-5-2)18-6-3/h10H,4-8H2,1-3H3,(H,15,16,17). The minimum atomic E-state index is -0.0969. The first-order valence-electron chi connectivity index (χ1n) is 6.54. The third kappa shape index (κ3) is 4.05. The second kappa shape index (κ2) is 7.89. The summed E-state index contributed by atoms with van der Waals surface area (Å²) in [5.74, 6) is 0.674. The molecule has 5 heteroatoms. The Morgan fingerprint density at radius 1 is 1.33 bits per heavy atom. The van der Waals surface area contributed by atoms with Crippen molar-refractivity contribution in [2.24, 2.45) is 0 Å². The molecule has 1 unspecified atom stereocenters. The van der Waals surface area contributed by atoms with Crippen LogP contribution in [0.15, 0.2) is 4.79 Å². The average Bonchev–Trinajstić information content (AvgIpc) is 2.34. The molecule has 1 atom stereocenters. The largest absolute Gasteiger partial charge is 0.371 e. The maximum Gasteiger partial charge on any atom is 0.264 e. The van der Waals surface area contributed by atoms with Gasteiger partial charge >= 0.3 is 0 Å². The van der Waals surface area contributed by atoms with Crippen molar-refractivity contribution in [1.29, 1.82) is 0 Å². The van der Waals surface area contributed by atoms with Gasteiger partial charge in [-0.25, -0.2) is 4.98 Å². The third-order valence-corrected chi connectivity index (χ3v) is 3.77. The van der Waals surface area contributed by atoms with Crippen molar-refractivity contribution in [3.05, 3.63) is 25.4 Å². The normalized spacial score (nSPS) is 12.7. The third-order valence-electron chi connectivity index (χ3n) is 2.66. The van der Waals surface area contributed by atoms with Crippen LogP contribution in [-0.4, -0.2) is 16.6 Å². The van der Waals surface area contributed by atoms with Crippen LogP contribution < -0.4 is 5.56 Å². The summed E-state index contributed by atoms with van der Waals surface area (Å²) in [5.41, 5.74) is 0.836. The van der Waals surface area contributed by atoms with Gasteiger partial charge in [-0.3, -0.25) is 4.79 Å². The molecule has 0 radical (unpaired) electrons. The zero-order chi connectivity index (χ0) is 13.5. The quantitative estimate of drug-likeness (QED) is 0.756. The van der Waals surface area contributed by atoms with Gasteiger partial charge in [0.25, 0.3) is 5.56 Å². The summed E-state index contributed by atoms with van der Waals surface area (Å²) in [7, 11) is 0. The van der Waals surface area contributed by atoms with E-state index in [9.17, 15) is 4.79 Å². The molecule has 0 spiro atoms. The number of nitrogens with one attached hydrogen (secondary N) is 1. The van der Waals surface area contributed by atoms with E-state index >= 15 is 0 Å². The Morgan fingerprint density at radius 2 is 2.06 bits per heavy atom. The number of hydrogen-bond acceptors (Lipinski definition) is 3. The Balaban J connectivity index is 3.10. The molecule has 0 bridgehead atoms. The lowest BCUT2D eigenvalue weighted by Gasteiger charge is -2.16. The summed E-state index contributed by atoms with van der Waals surface area (Å²) in [6.45, 7) is 6.78. The molecular weight excluding hydrogens is 343 g/mol. The Labute approximate surface area is 122 Å². The molecule has 0 aliphatic rings. The molecule has 1 aromatic heterocycles.